The van der Waals surface area contributed by atoms with Gasteiger partial charge in [0.15, 0.2) is 0 Å². The molecule has 1 fully saturated rings. The molecule has 1 heterocycles. The molecule has 39 heavy (non-hydrogen) atoms. The van der Waals surface area contributed by atoms with Gasteiger partial charge in [0.1, 0.15) is 36.6 Å². The van der Waals surface area contributed by atoms with E-state index in [-0.39, 0.29) is 6.10 Å². The highest BCUT2D eigenvalue weighted by Gasteiger charge is 2.43. The molecule has 4 aromatic rings. The van der Waals surface area contributed by atoms with Crippen molar-refractivity contribution in [3.63, 3.8) is 0 Å². The van der Waals surface area contributed by atoms with Gasteiger partial charge in [-0.05, 0) is 72.2 Å². The standard InChI is InChI=1S/C36H36O3/c1-2-3-10-28-21-32-33-23-31(38-25-27-13-8-5-9-14-27)19-20-35(33)39-36(34(32)22-28)29-15-17-30(18-16-29)37-24-26-11-6-4-7-12-26/h4-20,23,32,34,36H,2-3,21-22,24-25H2,1H3/b28-10+. The summed E-state index contributed by atoms with van der Waals surface area (Å²) in [5.74, 6) is 3.60. The first-order chi connectivity index (χ1) is 19.3. The van der Waals surface area contributed by atoms with Gasteiger partial charge in [0.25, 0.3) is 0 Å². The van der Waals surface area contributed by atoms with Gasteiger partial charge >= 0.3 is 0 Å². The maximum absolute atomic E-state index is 6.75. The van der Waals surface area contributed by atoms with Crippen LogP contribution in [0.5, 0.6) is 17.2 Å². The molecule has 1 aliphatic heterocycles. The number of allylic oxidation sites excluding steroid dienone is 2. The van der Waals surface area contributed by atoms with Gasteiger partial charge in [0.2, 0.25) is 0 Å². The first-order valence-electron chi connectivity index (χ1n) is 14.2. The molecule has 4 aromatic carbocycles. The van der Waals surface area contributed by atoms with Crippen molar-refractivity contribution in [2.45, 2.75) is 57.8 Å². The van der Waals surface area contributed by atoms with Gasteiger partial charge in [-0.15, -0.1) is 0 Å². The Hall–Kier alpha value is -3.98. The largest absolute Gasteiger partial charge is 0.489 e. The van der Waals surface area contributed by atoms with Gasteiger partial charge in [-0.3, -0.25) is 0 Å². The molecule has 0 amide bonds. The summed E-state index contributed by atoms with van der Waals surface area (Å²) >= 11 is 0. The lowest BCUT2D eigenvalue weighted by molar-refractivity contribution is 0.104. The monoisotopic (exact) mass is 516 g/mol. The summed E-state index contributed by atoms with van der Waals surface area (Å²) in [6, 6.07) is 35.5. The summed E-state index contributed by atoms with van der Waals surface area (Å²) in [4.78, 5) is 0. The molecule has 0 bridgehead atoms. The zero-order chi connectivity index (χ0) is 26.4. The van der Waals surface area contributed by atoms with Crippen LogP contribution < -0.4 is 14.2 Å². The highest BCUT2D eigenvalue weighted by molar-refractivity contribution is 5.48. The molecule has 2 aliphatic rings. The van der Waals surface area contributed by atoms with E-state index in [1.165, 1.54) is 28.7 Å². The van der Waals surface area contributed by atoms with E-state index in [1.54, 1.807) is 5.57 Å². The van der Waals surface area contributed by atoms with Crippen LogP contribution in [0.3, 0.4) is 0 Å². The molecule has 0 radical (unpaired) electrons. The molecule has 0 saturated heterocycles. The summed E-state index contributed by atoms with van der Waals surface area (Å²) < 4.78 is 19.0. The SMILES string of the molecule is CCC/C=C1\CC2c3cc(OCc4ccccc4)ccc3OC(c3ccc(OCc4ccccc4)cc3)C2C1. The van der Waals surface area contributed by atoms with E-state index in [0.717, 1.165) is 36.5 Å². The molecule has 1 aliphatic carbocycles. The summed E-state index contributed by atoms with van der Waals surface area (Å²) in [6.07, 6.45) is 6.98. The van der Waals surface area contributed by atoms with E-state index in [1.807, 2.05) is 30.3 Å². The quantitative estimate of drug-likeness (QED) is 0.208. The molecule has 0 N–H and O–H groups in total. The lowest BCUT2D eigenvalue weighted by atomic mass is 9.80. The number of hydrogen-bond donors (Lipinski definition) is 0. The third-order valence-corrected chi connectivity index (χ3v) is 7.95. The van der Waals surface area contributed by atoms with Crippen LogP contribution in [-0.2, 0) is 13.2 Å². The molecule has 3 unspecified atom stereocenters. The van der Waals surface area contributed by atoms with Crippen molar-refractivity contribution in [3.8, 4) is 17.2 Å². The van der Waals surface area contributed by atoms with E-state index in [9.17, 15) is 0 Å². The Bertz CT molecular complexity index is 1390. The van der Waals surface area contributed by atoms with Gasteiger partial charge in [0, 0.05) is 11.5 Å². The zero-order valence-corrected chi connectivity index (χ0v) is 22.6. The molecular formula is C36H36O3. The lowest BCUT2D eigenvalue weighted by Gasteiger charge is -2.36. The second kappa shape index (κ2) is 11.8. The maximum atomic E-state index is 6.75. The second-order valence-electron chi connectivity index (χ2n) is 10.7. The number of rotatable bonds is 9. The van der Waals surface area contributed by atoms with Crippen molar-refractivity contribution in [1.29, 1.82) is 0 Å². The highest BCUT2D eigenvalue weighted by Crippen LogP contribution is 2.56. The summed E-state index contributed by atoms with van der Waals surface area (Å²) in [6.45, 7) is 3.38. The molecule has 1 saturated carbocycles. The van der Waals surface area contributed by atoms with Crippen molar-refractivity contribution in [2.75, 3.05) is 0 Å². The Balaban J connectivity index is 1.22. The lowest BCUT2D eigenvalue weighted by Crippen LogP contribution is -2.26. The average Bonchev–Trinajstić information content (AvgIpc) is 3.43. The number of benzene rings is 4. The van der Waals surface area contributed by atoms with Crippen LogP contribution >= 0.6 is 0 Å². The normalized spacial score (nSPS) is 20.6. The fourth-order valence-electron chi connectivity index (χ4n) is 5.92. The second-order valence-corrected chi connectivity index (χ2v) is 10.7. The molecule has 198 valence electrons. The third kappa shape index (κ3) is 5.88. The zero-order valence-electron chi connectivity index (χ0n) is 22.6. The predicted octanol–water partition coefficient (Wildman–Crippen LogP) is 9.20. The maximum Gasteiger partial charge on any atom is 0.127 e. The Morgan fingerprint density at radius 2 is 1.38 bits per heavy atom. The van der Waals surface area contributed by atoms with Crippen LogP contribution in [0.1, 0.15) is 66.9 Å². The van der Waals surface area contributed by atoms with Gasteiger partial charge in [-0.1, -0.05) is 97.8 Å². The minimum absolute atomic E-state index is 0.0225. The van der Waals surface area contributed by atoms with Gasteiger partial charge in [0.05, 0.1) is 0 Å². The van der Waals surface area contributed by atoms with Crippen LogP contribution in [0.2, 0.25) is 0 Å². The number of ether oxygens (including phenoxy) is 3. The van der Waals surface area contributed by atoms with Gasteiger partial charge in [-0.2, -0.15) is 0 Å². The van der Waals surface area contributed by atoms with Crippen molar-refractivity contribution >= 4 is 0 Å². The Morgan fingerprint density at radius 1 is 0.744 bits per heavy atom. The van der Waals surface area contributed by atoms with Gasteiger partial charge < -0.3 is 14.2 Å². The minimum atomic E-state index is 0.0225. The van der Waals surface area contributed by atoms with Crippen molar-refractivity contribution in [2.24, 2.45) is 5.92 Å². The predicted molar refractivity (Wildman–Crippen MR) is 156 cm³/mol. The van der Waals surface area contributed by atoms with Crippen LogP contribution in [-0.4, -0.2) is 0 Å². The first-order valence-corrected chi connectivity index (χ1v) is 14.2. The summed E-state index contributed by atoms with van der Waals surface area (Å²) in [7, 11) is 0. The smallest absolute Gasteiger partial charge is 0.127 e. The van der Waals surface area contributed by atoms with E-state index in [4.69, 9.17) is 14.2 Å². The van der Waals surface area contributed by atoms with E-state index in [2.05, 4.69) is 85.8 Å². The molecule has 0 spiro atoms. The Morgan fingerprint density at radius 3 is 2.05 bits per heavy atom. The first kappa shape index (κ1) is 25.3. The number of fused-ring (bicyclic) bond motifs is 3. The van der Waals surface area contributed by atoms with Crippen LogP contribution in [0, 0.1) is 5.92 Å². The summed E-state index contributed by atoms with van der Waals surface area (Å²) in [5.41, 5.74) is 6.40. The van der Waals surface area contributed by atoms with E-state index >= 15 is 0 Å². The van der Waals surface area contributed by atoms with Crippen molar-refractivity contribution < 1.29 is 14.2 Å². The van der Waals surface area contributed by atoms with Crippen LogP contribution in [0.4, 0.5) is 0 Å². The number of hydrogen-bond acceptors (Lipinski definition) is 3. The Labute approximate surface area is 232 Å². The Kier molecular flexibility index (Phi) is 7.67. The average molecular weight is 517 g/mol. The highest BCUT2D eigenvalue weighted by atomic mass is 16.5. The fourth-order valence-corrected chi connectivity index (χ4v) is 5.92. The molecule has 3 heteroatoms. The van der Waals surface area contributed by atoms with E-state index < -0.39 is 0 Å². The molecule has 6 rings (SSSR count). The molecule has 3 nitrogen and oxygen atoms in total. The van der Waals surface area contributed by atoms with E-state index in [0.29, 0.717) is 25.0 Å². The van der Waals surface area contributed by atoms with Gasteiger partial charge in [-0.25, -0.2) is 0 Å². The third-order valence-electron chi connectivity index (χ3n) is 7.95. The van der Waals surface area contributed by atoms with Crippen molar-refractivity contribution in [1.82, 2.24) is 0 Å². The summed E-state index contributed by atoms with van der Waals surface area (Å²) in [5, 5.41) is 0. The van der Waals surface area contributed by atoms with Crippen LogP contribution in [0.25, 0.3) is 0 Å². The van der Waals surface area contributed by atoms with Crippen molar-refractivity contribution in [3.05, 3.63) is 137 Å². The minimum Gasteiger partial charge on any atom is -0.489 e. The number of unbranched alkanes of at least 4 members (excludes halogenated alkanes) is 1. The molecule has 3 atom stereocenters. The molecular weight excluding hydrogens is 480 g/mol. The topological polar surface area (TPSA) is 27.7 Å². The molecule has 0 aromatic heterocycles. The van der Waals surface area contributed by atoms with Crippen LogP contribution in [0.15, 0.2) is 115 Å². The fraction of sp³-hybridized carbons (Fsp3) is 0.278.